The largest absolute Gasteiger partial charge is 0.462 e. The monoisotopic (exact) mass is 1120 g/mol. The van der Waals surface area contributed by atoms with E-state index < -0.39 is 6.10 Å². The molecule has 0 heterocycles. The molecular weight excluding hydrogens is 1010 g/mol. The second-order valence-corrected chi connectivity index (χ2v) is 20.2. The van der Waals surface area contributed by atoms with Gasteiger partial charge in [-0.3, -0.25) is 14.4 Å². The Kier molecular flexibility index (Phi) is 62.5. The minimum atomic E-state index is -0.836. The van der Waals surface area contributed by atoms with Gasteiger partial charge in [-0.1, -0.05) is 272 Å². The lowest BCUT2D eigenvalue weighted by atomic mass is 10.1. The number of carbonyl (C=O) groups is 3. The Morgan fingerprint density at radius 2 is 0.488 bits per heavy atom. The molecule has 0 spiro atoms. The summed E-state index contributed by atoms with van der Waals surface area (Å²) >= 11 is 0. The fraction of sp³-hybridized carbons (Fsp3) is 0.513. The molecule has 1 unspecified atom stereocenters. The summed E-state index contributed by atoms with van der Waals surface area (Å²) in [4.78, 5) is 38.1. The highest BCUT2D eigenvalue weighted by Gasteiger charge is 2.19. The van der Waals surface area contributed by atoms with Gasteiger partial charge >= 0.3 is 17.9 Å². The van der Waals surface area contributed by atoms with E-state index in [1.54, 1.807) is 0 Å². The number of unbranched alkanes of at least 4 members (excludes halogenated alkanes) is 10. The Morgan fingerprint density at radius 3 is 0.793 bits per heavy atom. The van der Waals surface area contributed by atoms with E-state index >= 15 is 0 Å². The first-order valence-corrected chi connectivity index (χ1v) is 32.1. The molecule has 0 aromatic rings. The number of ether oxygens (including phenoxy) is 3. The third kappa shape index (κ3) is 64.8. The molecule has 0 radical (unpaired) electrons. The van der Waals surface area contributed by atoms with Crippen LogP contribution in [-0.4, -0.2) is 37.2 Å². The lowest BCUT2D eigenvalue weighted by molar-refractivity contribution is -0.167. The molecule has 82 heavy (non-hydrogen) atoms. The summed E-state index contributed by atoms with van der Waals surface area (Å²) in [6.07, 6.45) is 104. The Hall–Kier alpha value is -6.01. The van der Waals surface area contributed by atoms with E-state index in [0.29, 0.717) is 19.3 Å². The van der Waals surface area contributed by atoms with Gasteiger partial charge in [0.2, 0.25) is 0 Å². The van der Waals surface area contributed by atoms with Crippen molar-refractivity contribution in [3.8, 4) is 0 Å². The van der Waals surface area contributed by atoms with E-state index in [0.717, 1.165) is 148 Å². The minimum Gasteiger partial charge on any atom is -0.462 e. The van der Waals surface area contributed by atoms with E-state index in [1.807, 2.05) is 0 Å². The summed E-state index contributed by atoms with van der Waals surface area (Å²) in [5, 5.41) is 0. The Balaban J connectivity index is 4.44. The van der Waals surface area contributed by atoms with Crippen molar-refractivity contribution in [2.75, 3.05) is 13.2 Å². The van der Waals surface area contributed by atoms with Gasteiger partial charge in [-0.25, -0.2) is 0 Å². The standard InChI is InChI=1S/C76H114O6/c1-4-7-10-13-16-19-21-23-25-27-29-31-33-35-37-38-40-41-43-45-47-49-51-53-55-57-60-63-66-69-75(78)81-72-73(71-80-74(77)68-65-62-59-18-15-12-9-6-3)82-76(79)70-67-64-61-58-56-54-52-50-48-46-44-42-39-36-34-32-30-28-26-24-22-20-17-14-11-8-5-2/h7-8,10-11,16-17,19-20,23-26,29-32,35-37,39-41,44-47,50-53,56-58,60,73H,4-6,9,12-15,18,21-22,27-28,33-34,38,42-43,48-49,54-55,59,61-72H2,1-3H3/b10-7-,11-8-,19-16-,20-17-,25-23-,26-24-,31-29-,32-30-,37-35-,39-36-,41-40-,46-44-,47-45-,52-50-,53-51-,58-56-,60-57-. The maximum absolute atomic E-state index is 12.9. The highest BCUT2D eigenvalue weighted by molar-refractivity contribution is 5.71. The van der Waals surface area contributed by atoms with Crippen LogP contribution in [0.5, 0.6) is 0 Å². The summed E-state index contributed by atoms with van der Waals surface area (Å²) in [7, 11) is 0. The molecule has 0 saturated carbocycles. The zero-order valence-electron chi connectivity index (χ0n) is 51.9. The molecular formula is C76H114O6. The van der Waals surface area contributed by atoms with Crippen molar-refractivity contribution in [2.45, 2.75) is 239 Å². The molecule has 0 bridgehead atoms. The van der Waals surface area contributed by atoms with E-state index in [4.69, 9.17) is 14.2 Å². The molecule has 0 aliphatic rings. The van der Waals surface area contributed by atoms with Crippen molar-refractivity contribution in [1.29, 1.82) is 0 Å². The predicted molar refractivity (Wildman–Crippen MR) is 357 cm³/mol. The van der Waals surface area contributed by atoms with Crippen molar-refractivity contribution >= 4 is 17.9 Å². The van der Waals surface area contributed by atoms with Crippen LogP contribution in [0.1, 0.15) is 233 Å². The molecule has 6 heteroatoms. The molecule has 0 aromatic heterocycles. The average molecular weight is 1120 g/mol. The Labute approximate surface area is 502 Å². The van der Waals surface area contributed by atoms with Crippen LogP contribution in [0.4, 0.5) is 0 Å². The van der Waals surface area contributed by atoms with E-state index in [9.17, 15) is 14.4 Å². The van der Waals surface area contributed by atoms with Crippen LogP contribution in [0.15, 0.2) is 207 Å². The third-order valence-corrected chi connectivity index (χ3v) is 12.5. The quantitative estimate of drug-likeness (QED) is 0.0261. The van der Waals surface area contributed by atoms with Gasteiger partial charge in [0.25, 0.3) is 0 Å². The molecule has 454 valence electrons. The predicted octanol–water partition coefficient (Wildman–Crippen LogP) is 22.4. The van der Waals surface area contributed by atoms with Gasteiger partial charge in [-0.15, -0.1) is 0 Å². The summed E-state index contributed by atoms with van der Waals surface area (Å²) in [6.45, 7) is 6.27. The van der Waals surface area contributed by atoms with Crippen LogP contribution >= 0.6 is 0 Å². The van der Waals surface area contributed by atoms with Crippen molar-refractivity contribution < 1.29 is 28.6 Å². The fourth-order valence-corrected chi connectivity index (χ4v) is 7.81. The van der Waals surface area contributed by atoms with Crippen molar-refractivity contribution in [1.82, 2.24) is 0 Å². The van der Waals surface area contributed by atoms with Crippen molar-refractivity contribution in [3.05, 3.63) is 207 Å². The van der Waals surface area contributed by atoms with Crippen LogP contribution in [0.2, 0.25) is 0 Å². The molecule has 0 N–H and O–H groups in total. The fourth-order valence-electron chi connectivity index (χ4n) is 7.81. The molecule has 1 atom stereocenters. The first-order valence-electron chi connectivity index (χ1n) is 32.1. The van der Waals surface area contributed by atoms with Gasteiger partial charge in [-0.2, -0.15) is 0 Å². The molecule has 0 aliphatic carbocycles. The van der Waals surface area contributed by atoms with Gasteiger partial charge in [0, 0.05) is 19.3 Å². The highest BCUT2D eigenvalue weighted by atomic mass is 16.6. The molecule has 0 fully saturated rings. The second-order valence-electron chi connectivity index (χ2n) is 20.2. The molecule has 0 amide bonds. The summed E-state index contributed by atoms with van der Waals surface area (Å²) < 4.78 is 16.7. The zero-order valence-corrected chi connectivity index (χ0v) is 51.9. The molecule has 0 saturated heterocycles. The van der Waals surface area contributed by atoms with Gasteiger partial charge in [-0.05, 0) is 148 Å². The number of rotatable bonds is 55. The zero-order chi connectivity index (χ0) is 59.2. The SMILES string of the molecule is CC/C=C\C/C=C\C/C=C\C/C=C\C/C=C\C/C=C\C/C=C\C/C=C\C/C=C\CCCC(=O)OCC(COC(=O)CCCCCCCCCC)OC(=O)CCCC/C=C\C/C=C\C/C=C\C/C=C\C/C=C\C/C=C\C/C=C\C/C=C\CC. The average Bonchev–Trinajstić information content (AvgIpc) is 3.47. The third-order valence-electron chi connectivity index (χ3n) is 12.5. The number of allylic oxidation sites excluding steroid dienone is 34. The van der Waals surface area contributed by atoms with Gasteiger partial charge in [0.1, 0.15) is 13.2 Å². The highest BCUT2D eigenvalue weighted by Crippen LogP contribution is 2.12. The van der Waals surface area contributed by atoms with Gasteiger partial charge < -0.3 is 14.2 Å². The minimum absolute atomic E-state index is 0.124. The number of hydrogen-bond donors (Lipinski definition) is 0. The maximum atomic E-state index is 12.9. The van der Waals surface area contributed by atoms with Crippen LogP contribution in [-0.2, 0) is 28.6 Å². The van der Waals surface area contributed by atoms with Crippen LogP contribution in [0.25, 0.3) is 0 Å². The lowest BCUT2D eigenvalue weighted by Crippen LogP contribution is -2.30. The normalized spacial score (nSPS) is 13.5. The summed E-state index contributed by atoms with van der Waals surface area (Å²) in [5.74, 6) is -1.05. The van der Waals surface area contributed by atoms with Gasteiger partial charge in [0.05, 0.1) is 0 Å². The number of esters is 3. The van der Waals surface area contributed by atoms with E-state index in [2.05, 4.69) is 227 Å². The van der Waals surface area contributed by atoms with Gasteiger partial charge in [0.15, 0.2) is 6.10 Å². The molecule has 0 aliphatic heterocycles. The first kappa shape index (κ1) is 76.0. The van der Waals surface area contributed by atoms with Crippen molar-refractivity contribution in [3.63, 3.8) is 0 Å². The summed E-state index contributed by atoms with van der Waals surface area (Å²) in [6, 6.07) is 0. The smallest absolute Gasteiger partial charge is 0.306 e. The Bertz CT molecular complexity index is 2020. The van der Waals surface area contributed by atoms with E-state index in [-0.39, 0.29) is 44.0 Å². The number of carbonyl (C=O) groups excluding carboxylic acids is 3. The van der Waals surface area contributed by atoms with Crippen LogP contribution in [0, 0.1) is 0 Å². The summed E-state index contributed by atoms with van der Waals surface area (Å²) in [5.41, 5.74) is 0. The maximum Gasteiger partial charge on any atom is 0.306 e. The molecule has 0 rings (SSSR count). The second kappa shape index (κ2) is 67.5. The molecule has 0 aromatic carbocycles. The topological polar surface area (TPSA) is 78.9 Å². The lowest BCUT2D eigenvalue weighted by Gasteiger charge is -2.18. The first-order chi connectivity index (χ1) is 40.5. The van der Waals surface area contributed by atoms with Crippen molar-refractivity contribution in [2.24, 2.45) is 0 Å². The van der Waals surface area contributed by atoms with E-state index in [1.165, 1.54) is 32.1 Å². The molecule has 6 nitrogen and oxygen atoms in total. The number of hydrogen-bond acceptors (Lipinski definition) is 6. The van der Waals surface area contributed by atoms with Crippen LogP contribution in [0.3, 0.4) is 0 Å². The Morgan fingerprint density at radius 1 is 0.256 bits per heavy atom. The van der Waals surface area contributed by atoms with Crippen LogP contribution < -0.4 is 0 Å².